The Labute approximate surface area is 135 Å². The molecule has 1 unspecified atom stereocenters. The molecule has 6 nitrogen and oxygen atoms in total. The molecular weight excluding hydrogens is 292 g/mol. The average Bonchev–Trinajstić information content (AvgIpc) is 2.57. The number of nitrogens with one attached hydrogen (secondary N) is 2. The van der Waals surface area contributed by atoms with Crippen LogP contribution in [0.5, 0.6) is 11.8 Å². The third-order valence-corrected chi connectivity index (χ3v) is 3.77. The number of anilines is 1. The molecule has 2 aromatic rings. The lowest BCUT2D eigenvalue weighted by molar-refractivity contribution is -0.120. The van der Waals surface area contributed by atoms with Gasteiger partial charge in [0, 0.05) is 24.1 Å². The third kappa shape index (κ3) is 4.26. The molecule has 0 saturated carbocycles. The SMILES string of the molecule is Cc1ccnc(Oc2ccc(NC(=O)C3CCCNC3)cc2)n1. The van der Waals surface area contributed by atoms with E-state index in [-0.39, 0.29) is 11.8 Å². The molecule has 2 N–H and O–H groups in total. The molecule has 0 spiro atoms. The van der Waals surface area contributed by atoms with E-state index in [9.17, 15) is 4.79 Å². The molecule has 1 amide bonds. The Bertz CT molecular complexity index is 667. The van der Waals surface area contributed by atoms with Gasteiger partial charge in [0.05, 0.1) is 5.92 Å². The van der Waals surface area contributed by atoms with Crippen molar-refractivity contribution in [1.29, 1.82) is 0 Å². The highest BCUT2D eigenvalue weighted by molar-refractivity contribution is 5.92. The second-order valence-electron chi connectivity index (χ2n) is 5.64. The Morgan fingerprint density at radius 1 is 1.30 bits per heavy atom. The number of rotatable bonds is 4. The zero-order valence-corrected chi connectivity index (χ0v) is 13.1. The van der Waals surface area contributed by atoms with E-state index in [4.69, 9.17) is 4.74 Å². The fourth-order valence-electron chi connectivity index (χ4n) is 2.51. The van der Waals surface area contributed by atoms with Crippen molar-refractivity contribution >= 4 is 11.6 Å². The number of nitrogens with zero attached hydrogens (tertiary/aromatic N) is 2. The van der Waals surface area contributed by atoms with E-state index in [0.717, 1.165) is 37.3 Å². The Kier molecular flexibility index (Phi) is 4.83. The Hall–Kier alpha value is -2.47. The fraction of sp³-hybridized carbons (Fsp3) is 0.353. The first-order valence-electron chi connectivity index (χ1n) is 7.80. The summed E-state index contributed by atoms with van der Waals surface area (Å²) in [4.78, 5) is 20.4. The molecule has 6 heteroatoms. The summed E-state index contributed by atoms with van der Waals surface area (Å²) in [5, 5.41) is 6.19. The molecule has 1 aromatic carbocycles. The number of carbonyl (C=O) groups is 1. The number of carbonyl (C=O) groups excluding carboxylic acids is 1. The van der Waals surface area contributed by atoms with Gasteiger partial charge in [-0.2, -0.15) is 0 Å². The highest BCUT2D eigenvalue weighted by atomic mass is 16.5. The van der Waals surface area contributed by atoms with Gasteiger partial charge >= 0.3 is 6.01 Å². The van der Waals surface area contributed by atoms with E-state index in [1.54, 1.807) is 18.3 Å². The van der Waals surface area contributed by atoms with Crippen LogP contribution in [0.15, 0.2) is 36.5 Å². The van der Waals surface area contributed by atoms with Gasteiger partial charge in [-0.3, -0.25) is 4.79 Å². The van der Waals surface area contributed by atoms with Crippen LogP contribution in [0.2, 0.25) is 0 Å². The van der Waals surface area contributed by atoms with Crippen molar-refractivity contribution in [3.8, 4) is 11.8 Å². The lowest BCUT2D eigenvalue weighted by Crippen LogP contribution is -2.37. The summed E-state index contributed by atoms with van der Waals surface area (Å²) in [5.74, 6) is 0.737. The van der Waals surface area contributed by atoms with Gasteiger partial charge in [-0.15, -0.1) is 0 Å². The zero-order valence-electron chi connectivity index (χ0n) is 13.1. The molecule has 1 fully saturated rings. The van der Waals surface area contributed by atoms with E-state index in [1.165, 1.54) is 0 Å². The van der Waals surface area contributed by atoms with Crippen molar-refractivity contribution < 1.29 is 9.53 Å². The Morgan fingerprint density at radius 3 is 2.83 bits per heavy atom. The Morgan fingerprint density at radius 2 is 2.13 bits per heavy atom. The monoisotopic (exact) mass is 312 g/mol. The van der Waals surface area contributed by atoms with Gasteiger partial charge in [-0.05, 0) is 56.6 Å². The van der Waals surface area contributed by atoms with Crippen LogP contribution in [0.3, 0.4) is 0 Å². The van der Waals surface area contributed by atoms with Crippen LogP contribution in [0.25, 0.3) is 0 Å². The molecule has 1 atom stereocenters. The first-order chi connectivity index (χ1) is 11.2. The molecular formula is C17H20N4O2. The van der Waals surface area contributed by atoms with E-state index >= 15 is 0 Å². The maximum absolute atomic E-state index is 12.2. The lowest BCUT2D eigenvalue weighted by Gasteiger charge is -2.21. The number of aryl methyl sites for hydroxylation is 1. The van der Waals surface area contributed by atoms with E-state index < -0.39 is 0 Å². The second kappa shape index (κ2) is 7.19. The van der Waals surface area contributed by atoms with Gasteiger partial charge in [0.15, 0.2) is 0 Å². The minimum atomic E-state index is 0.0420. The normalized spacial score (nSPS) is 17.5. The third-order valence-electron chi connectivity index (χ3n) is 3.77. The van der Waals surface area contributed by atoms with Crippen molar-refractivity contribution in [2.24, 2.45) is 5.92 Å². The van der Waals surface area contributed by atoms with Crippen LogP contribution < -0.4 is 15.4 Å². The molecule has 2 heterocycles. The minimum absolute atomic E-state index is 0.0420. The van der Waals surface area contributed by atoms with Gasteiger partial charge < -0.3 is 15.4 Å². The summed E-state index contributed by atoms with van der Waals surface area (Å²) >= 11 is 0. The lowest BCUT2D eigenvalue weighted by atomic mass is 9.99. The number of amides is 1. The first kappa shape index (κ1) is 15.4. The van der Waals surface area contributed by atoms with Crippen LogP contribution >= 0.6 is 0 Å². The van der Waals surface area contributed by atoms with Crippen LogP contribution in [-0.2, 0) is 4.79 Å². The summed E-state index contributed by atoms with van der Waals surface area (Å²) in [5.41, 5.74) is 1.61. The summed E-state index contributed by atoms with van der Waals surface area (Å²) in [6.45, 7) is 3.63. The van der Waals surface area contributed by atoms with Crippen molar-refractivity contribution in [3.63, 3.8) is 0 Å². The summed E-state index contributed by atoms with van der Waals surface area (Å²) < 4.78 is 5.59. The van der Waals surface area contributed by atoms with E-state index in [0.29, 0.717) is 11.8 Å². The Balaban J connectivity index is 1.59. The number of hydrogen-bond acceptors (Lipinski definition) is 5. The van der Waals surface area contributed by atoms with Crippen LogP contribution in [0.4, 0.5) is 5.69 Å². The van der Waals surface area contributed by atoms with Crippen molar-refractivity contribution in [1.82, 2.24) is 15.3 Å². The zero-order chi connectivity index (χ0) is 16.1. The maximum Gasteiger partial charge on any atom is 0.322 e. The first-order valence-corrected chi connectivity index (χ1v) is 7.80. The molecule has 3 rings (SSSR count). The number of ether oxygens (including phenoxy) is 1. The standard InChI is InChI=1S/C17H20N4O2/c1-12-8-10-19-17(20-12)23-15-6-4-14(5-7-15)21-16(22)13-3-2-9-18-11-13/h4-8,10,13,18H,2-3,9,11H2,1H3,(H,21,22). The summed E-state index contributed by atoms with van der Waals surface area (Å²) in [6.07, 6.45) is 3.64. The largest absolute Gasteiger partial charge is 0.424 e. The van der Waals surface area contributed by atoms with Gasteiger partial charge in [0.25, 0.3) is 0 Å². The topological polar surface area (TPSA) is 76.1 Å². The molecule has 1 saturated heterocycles. The predicted molar refractivity (Wildman–Crippen MR) is 87.5 cm³/mol. The summed E-state index contributed by atoms with van der Waals surface area (Å²) in [7, 11) is 0. The molecule has 1 aliphatic rings. The number of hydrogen-bond donors (Lipinski definition) is 2. The van der Waals surface area contributed by atoms with E-state index in [2.05, 4.69) is 20.6 Å². The smallest absolute Gasteiger partial charge is 0.322 e. The quantitative estimate of drug-likeness (QED) is 0.907. The van der Waals surface area contributed by atoms with Gasteiger partial charge in [0.2, 0.25) is 5.91 Å². The molecule has 23 heavy (non-hydrogen) atoms. The molecule has 0 bridgehead atoms. The van der Waals surface area contributed by atoms with Gasteiger partial charge in [-0.1, -0.05) is 0 Å². The molecule has 0 radical (unpaired) electrons. The highest BCUT2D eigenvalue weighted by Crippen LogP contribution is 2.21. The molecule has 1 aliphatic heterocycles. The van der Waals surface area contributed by atoms with E-state index in [1.807, 2.05) is 25.1 Å². The van der Waals surface area contributed by atoms with Crippen LogP contribution in [0.1, 0.15) is 18.5 Å². The van der Waals surface area contributed by atoms with Gasteiger partial charge in [-0.25, -0.2) is 9.97 Å². The fourth-order valence-corrected chi connectivity index (χ4v) is 2.51. The van der Waals surface area contributed by atoms with Crippen molar-refractivity contribution in [2.45, 2.75) is 19.8 Å². The molecule has 0 aliphatic carbocycles. The predicted octanol–water partition coefficient (Wildman–Crippen LogP) is 2.52. The minimum Gasteiger partial charge on any atom is -0.424 e. The van der Waals surface area contributed by atoms with Crippen LogP contribution in [-0.4, -0.2) is 29.0 Å². The van der Waals surface area contributed by atoms with Crippen molar-refractivity contribution in [3.05, 3.63) is 42.2 Å². The van der Waals surface area contributed by atoms with Crippen molar-refractivity contribution in [2.75, 3.05) is 18.4 Å². The maximum atomic E-state index is 12.2. The highest BCUT2D eigenvalue weighted by Gasteiger charge is 2.20. The number of benzene rings is 1. The second-order valence-corrected chi connectivity index (χ2v) is 5.64. The van der Waals surface area contributed by atoms with Gasteiger partial charge in [0.1, 0.15) is 5.75 Å². The number of aromatic nitrogens is 2. The number of piperidine rings is 1. The summed E-state index contributed by atoms with van der Waals surface area (Å²) in [6, 6.07) is 9.35. The van der Waals surface area contributed by atoms with Crippen LogP contribution in [0, 0.1) is 12.8 Å². The molecule has 1 aromatic heterocycles. The average molecular weight is 312 g/mol. The molecule has 120 valence electrons.